The predicted molar refractivity (Wildman–Crippen MR) is 83.3 cm³/mol. The number of hydrogen-bond donors (Lipinski definition) is 1. The van der Waals surface area contributed by atoms with Crippen molar-refractivity contribution >= 4 is 23.3 Å². The van der Waals surface area contributed by atoms with Gasteiger partial charge in [0.25, 0.3) is 0 Å². The van der Waals surface area contributed by atoms with Gasteiger partial charge in [-0.3, -0.25) is 9.20 Å². The maximum atomic E-state index is 12.1. The second kappa shape index (κ2) is 6.47. The third-order valence-electron chi connectivity index (χ3n) is 4.07. The number of amides is 1. The summed E-state index contributed by atoms with van der Waals surface area (Å²) in [5, 5.41) is 12.1. The first-order valence-electron chi connectivity index (χ1n) is 7.46. The summed E-state index contributed by atoms with van der Waals surface area (Å²) in [6.07, 6.45) is 6.74. The van der Waals surface area contributed by atoms with Crippen LogP contribution < -0.4 is 5.32 Å². The van der Waals surface area contributed by atoms with E-state index < -0.39 is 0 Å². The van der Waals surface area contributed by atoms with Gasteiger partial charge in [0.05, 0.1) is 5.75 Å². The van der Waals surface area contributed by atoms with Crippen molar-refractivity contribution in [3.63, 3.8) is 0 Å². The second-order valence-corrected chi connectivity index (χ2v) is 6.58. The molecule has 2 aromatic rings. The minimum absolute atomic E-state index is 0.0893. The lowest BCUT2D eigenvalue weighted by Gasteiger charge is -2.29. The van der Waals surface area contributed by atoms with Crippen LogP contribution in [-0.4, -0.2) is 32.3 Å². The summed E-state index contributed by atoms with van der Waals surface area (Å²) >= 11 is 1.43. The molecule has 1 amide bonds. The van der Waals surface area contributed by atoms with Gasteiger partial charge in [-0.15, -0.1) is 10.2 Å². The van der Waals surface area contributed by atoms with Crippen molar-refractivity contribution in [3.8, 4) is 0 Å². The van der Waals surface area contributed by atoms with E-state index >= 15 is 0 Å². The molecule has 0 saturated heterocycles. The zero-order valence-electron chi connectivity index (χ0n) is 12.2. The molecule has 1 fully saturated rings. The maximum Gasteiger partial charge on any atom is 0.230 e. The second-order valence-electron chi connectivity index (χ2n) is 5.64. The summed E-state index contributed by atoms with van der Waals surface area (Å²) in [6, 6.07) is 6.10. The monoisotopic (exact) mass is 304 g/mol. The van der Waals surface area contributed by atoms with Crippen LogP contribution >= 0.6 is 11.8 Å². The van der Waals surface area contributed by atoms with E-state index in [4.69, 9.17) is 0 Å². The fraction of sp³-hybridized carbons (Fsp3) is 0.533. The Labute approximate surface area is 128 Å². The van der Waals surface area contributed by atoms with Gasteiger partial charge in [-0.05, 0) is 30.9 Å². The molecule has 112 valence electrons. The minimum Gasteiger partial charge on any atom is -0.352 e. The molecule has 0 bridgehead atoms. The summed E-state index contributed by atoms with van der Waals surface area (Å²) in [5.41, 5.74) is 0.807. The third kappa shape index (κ3) is 3.37. The van der Waals surface area contributed by atoms with E-state index in [1.165, 1.54) is 31.0 Å². The molecule has 1 aliphatic rings. The Morgan fingerprint density at radius 3 is 3.10 bits per heavy atom. The van der Waals surface area contributed by atoms with Crippen LogP contribution in [0, 0.1) is 5.92 Å². The Balaban J connectivity index is 1.56. The number of rotatable bonds is 4. The molecule has 5 nitrogen and oxygen atoms in total. The van der Waals surface area contributed by atoms with Crippen molar-refractivity contribution in [2.24, 2.45) is 5.92 Å². The summed E-state index contributed by atoms with van der Waals surface area (Å²) in [4.78, 5) is 12.1. The van der Waals surface area contributed by atoms with Crippen molar-refractivity contribution in [3.05, 3.63) is 24.4 Å². The first-order valence-corrected chi connectivity index (χ1v) is 8.44. The Hall–Kier alpha value is -1.56. The van der Waals surface area contributed by atoms with Crippen LogP contribution in [0.2, 0.25) is 0 Å². The highest BCUT2D eigenvalue weighted by molar-refractivity contribution is 7.99. The van der Waals surface area contributed by atoms with Crippen LogP contribution in [0.3, 0.4) is 0 Å². The van der Waals surface area contributed by atoms with E-state index in [9.17, 15) is 4.79 Å². The molecule has 0 aromatic carbocycles. The normalized spacial score (nSPS) is 22.3. The first kappa shape index (κ1) is 14.4. The van der Waals surface area contributed by atoms with Crippen LogP contribution in [0.15, 0.2) is 29.6 Å². The largest absolute Gasteiger partial charge is 0.352 e. The number of aromatic nitrogens is 3. The lowest BCUT2D eigenvalue weighted by molar-refractivity contribution is -0.119. The molecule has 3 rings (SSSR count). The van der Waals surface area contributed by atoms with E-state index in [1.807, 2.05) is 28.8 Å². The molecule has 2 aromatic heterocycles. The van der Waals surface area contributed by atoms with Gasteiger partial charge in [-0.1, -0.05) is 37.6 Å². The molecule has 6 heteroatoms. The number of carbonyl (C=O) groups excluding carboxylic acids is 1. The quantitative estimate of drug-likeness (QED) is 0.882. The molecule has 21 heavy (non-hydrogen) atoms. The van der Waals surface area contributed by atoms with Crippen LogP contribution in [0.25, 0.3) is 5.65 Å². The van der Waals surface area contributed by atoms with Crippen molar-refractivity contribution in [2.75, 3.05) is 5.75 Å². The molecule has 2 heterocycles. The first-order chi connectivity index (χ1) is 10.2. The molecular formula is C15H20N4OS. The van der Waals surface area contributed by atoms with E-state index in [1.54, 1.807) is 0 Å². The average molecular weight is 304 g/mol. The zero-order chi connectivity index (χ0) is 14.7. The van der Waals surface area contributed by atoms with Crippen LogP contribution in [0.1, 0.15) is 32.6 Å². The van der Waals surface area contributed by atoms with Crippen molar-refractivity contribution in [1.29, 1.82) is 0 Å². The predicted octanol–water partition coefficient (Wildman–Crippen LogP) is 2.52. The number of pyridine rings is 1. The topological polar surface area (TPSA) is 59.3 Å². The lowest BCUT2D eigenvalue weighted by Crippen LogP contribution is -2.41. The zero-order valence-corrected chi connectivity index (χ0v) is 13.0. The molecule has 1 N–H and O–H groups in total. The molecule has 2 atom stereocenters. The highest BCUT2D eigenvalue weighted by Crippen LogP contribution is 2.24. The summed E-state index contributed by atoms with van der Waals surface area (Å²) in [6.45, 7) is 2.23. The van der Waals surface area contributed by atoms with Gasteiger partial charge in [0.15, 0.2) is 10.8 Å². The number of hydrogen-bond acceptors (Lipinski definition) is 4. The van der Waals surface area contributed by atoms with E-state index in [0.29, 0.717) is 17.7 Å². The molecular weight excluding hydrogens is 284 g/mol. The van der Waals surface area contributed by atoms with Gasteiger partial charge in [-0.2, -0.15) is 0 Å². The molecule has 0 spiro atoms. The fourth-order valence-electron chi connectivity index (χ4n) is 2.83. The van der Waals surface area contributed by atoms with Crippen molar-refractivity contribution < 1.29 is 4.79 Å². The molecule has 0 unspecified atom stereocenters. The van der Waals surface area contributed by atoms with Gasteiger partial charge in [-0.25, -0.2) is 0 Å². The van der Waals surface area contributed by atoms with Gasteiger partial charge >= 0.3 is 0 Å². The molecule has 0 aliphatic heterocycles. The highest BCUT2D eigenvalue weighted by atomic mass is 32.2. The molecule has 0 radical (unpaired) electrons. The number of thioether (sulfide) groups is 1. The fourth-order valence-corrected chi connectivity index (χ4v) is 3.56. The Kier molecular flexibility index (Phi) is 4.43. The van der Waals surface area contributed by atoms with Gasteiger partial charge in [0.1, 0.15) is 0 Å². The molecule has 1 aliphatic carbocycles. The average Bonchev–Trinajstić information content (AvgIpc) is 2.91. The van der Waals surface area contributed by atoms with Gasteiger partial charge < -0.3 is 5.32 Å². The SMILES string of the molecule is C[C@H]1CCCC[C@@H]1NC(=O)CSc1nnc2ccccn12. The van der Waals surface area contributed by atoms with E-state index in [-0.39, 0.29) is 5.91 Å². The van der Waals surface area contributed by atoms with Gasteiger partial charge in [0, 0.05) is 12.2 Å². The summed E-state index contributed by atoms with van der Waals surface area (Å²) < 4.78 is 1.90. The smallest absolute Gasteiger partial charge is 0.230 e. The van der Waals surface area contributed by atoms with Crippen molar-refractivity contribution in [2.45, 2.75) is 43.8 Å². The Bertz CT molecular complexity index is 627. The molecule has 1 saturated carbocycles. The number of fused-ring (bicyclic) bond motifs is 1. The standard InChI is InChI=1S/C15H20N4OS/c1-11-6-2-3-7-12(11)16-14(20)10-21-15-18-17-13-8-4-5-9-19(13)15/h4-5,8-9,11-12H,2-3,6-7,10H2,1H3,(H,16,20)/t11-,12-/m0/s1. The Morgan fingerprint density at radius 1 is 1.38 bits per heavy atom. The van der Waals surface area contributed by atoms with Crippen LogP contribution in [-0.2, 0) is 4.79 Å². The van der Waals surface area contributed by atoms with Crippen LogP contribution in [0.5, 0.6) is 0 Å². The maximum absolute atomic E-state index is 12.1. The number of nitrogens with one attached hydrogen (secondary N) is 1. The van der Waals surface area contributed by atoms with Crippen LogP contribution in [0.4, 0.5) is 0 Å². The number of carbonyl (C=O) groups is 1. The van der Waals surface area contributed by atoms with E-state index in [2.05, 4.69) is 22.4 Å². The third-order valence-corrected chi connectivity index (χ3v) is 5.02. The minimum atomic E-state index is 0.0893. The number of nitrogens with zero attached hydrogens (tertiary/aromatic N) is 3. The summed E-state index contributed by atoms with van der Waals surface area (Å²) in [7, 11) is 0. The van der Waals surface area contributed by atoms with Gasteiger partial charge in [0.2, 0.25) is 5.91 Å². The summed E-state index contributed by atoms with van der Waals surface area (Å²) in [5.74, 6) is 1.06. The van der Waals surface area contributed by atoms with Crippen molar-refractivity contribution in [1.82, 2.24) is 19.9 Å². The highest BCUT2D eigenvalue weighted by Gasteiger charge is 2.22. The lowest BCUT2D eigenvalue weighted by atomic mass is 9.86. The Morgan fingerprint density at radius 2 is 2.24 bits per heavy atom. The van der Waals surface area contributed by atoms with E-state index in [0.717, 1.165) is 17.2 Å².